The van der Waals surface area contributed by atoms with Crippen LogP contribution in [-0.4, -0.2) is 26.4 Å². The van der Waals surface area contributed by atoms with Gasteiger partial charge in [0.15, 0.2) is 0 Å². The minimum absolute atomic E-state index is 0.170. The number of nitrogens with one attached hydrogen (secondary N) is 1. The maximum atomic E-state index is 6.13. The van der Waals surface area contributed by atoms with Crippen LogP contribution in [0.3, 0.4) is 0 Å². The summed E-state index contributed by atoms with van der Waals surface area (Å²) in [6.45, 7) is 6.74. The first kappa shape index (κ1) is 12.9. The second kappa shape index (κ2) is 5.51. The predicted molar refractivity (Wildman–Crippen MR) is 75.5 cm³/mol. The fraction of sp³-hybridized carbons (Fsp3) is 0.625. The highest BCUT2D eigenvalue weighted by atomic mass is 16.5. The van der Waals surface area contributed by atoms with Crippen molar-refractivity contribution in [1.29, 1.82) is 0 Å². The van der Waals surface area contributed by atoms with Crippen molar-refractivity contribution in [2.75, 3.05) is 26.4 Å². The van der Waals surface area contributed by atoms with Gasteiger partial charge in [0.25, 0.3) is 0 Å². The average molecular weight is 261 g/mol. The highest BCUT2D eigenvalue weighted by Gasteiger charge is 2.29. The Hall–Kier alpha value is -1.06. The van der Waals surface area contributed by atoms with E-state index in [2.05, 4.69) is 30.4 Å². The maximum Gasteiger partial charge on any atom is 0.124 e. The normalized spacial score (nSPS) is 26.8. The van der Waals surface area contributed by atoms with Gasteiger partial charge in [0, 0.05) is 24.1 Å². The van der Waals surface area contributed by atoms with Gasteiger partial charge < -0.3 is 14.8 Å². The lowest BCUT2D eigenvalue weighted by atomic mass is 9.86. The Balaban J connectivity index is 1.69. The van der Waals surface area contributed by atoms with Gasteiger partial charge in [-0.05, 0) is 37.4 Å². The average Bonchev–Trinajstić information content (AvgIpc) is 2.46. The Bertz CT molecular complexity index is 438. The number of ether oxygens (including phenoxy) is 2. The summed E-state index contributed by atoms with van der Waals surface area (Å²) in [5.74, 6) is 1.05. The van der Waals surface area contributed by atoms with Crippen LogP contribution in [0.5, 0.6) is 5.75 Å². The van der Waals surface area contributed by atoms with Gasteiger partial charge in [-0.15, -0.1) is 0 Å². The van der Waals surface area contributed by atoms with Gasteiger partial charge in [-0.1, -0.05) is 19.1 Å². The molecule has 2 heterocycles. The Morgan fingerprint density at radius 3 is 3.21 bits per heavy atom. The van der Waals surface area contributed by atoms with Crippen molar-refractivity contribution in [2.24, 2.45) is 5.41 Å². The van der Waals surface area contributed by atoms with Crippen molar-refractivity contribution in [2.45, 2.75) is 32.7 Å². The van der Waals surface area contributed by atoms with Gasteiger partial charge in [-0.3, -0.25) is 0 Å². The lowest BCUT2D eigenvalue weighted by Gasteiger charge is -2.33. The molecule has 2 aliphatic rings. The van der Waals surface area contributed by atoms with Gasteiger partial charge in [0.2, 0.25) is 0 Å². The molecule has 0 aromatic heterocycles. The van der Waals surface area contributed by atoms with Crippen molar-refractivity contribution in [3.63, 3.8) is 0 Å². The fourth-order valence-corrected chi connectivity index (χ4v) is 2.98. The van der Waals surface area contributed by atoms with E-state index in [4.69, 9.17) is 9.47 Å². The third-order valence-electron chi connectivity index (χ3n) is 4.20. The summed E-state index contributed by atoms with van der Waals surface area (Å²) in [7, 11) is 0. The number of benzene rings is 1. The van der Waals surface area contributed by atoms with Crippen LogP contribution < -0.4 is 10.1 Å². The number of rotatable bonds is 3. The van der Waals surface area contributed by atoms with E-state index < -0.39 is 0 Å². The number of fused-ring (bicyclic) bond motifs is 1. The zero-order valence-corrected chi connectivity index (χ0v) is 11.7. The molecule has 19 heavy (non-hydrogen) atoms. The molecule has 0 aliphatic carbocycles. The summed E-state index contributed by atoms with van der Waals surface area (Å²) in [4.78, 5) is 0. The van der Waals surface area contributed by atoms with Crippen molar-refractivity contribution in [1.82, 2.24) is 5.32 Å². The molecule has 0 spiro atoms. The van der Waals surface area contributed by atoms with Crippen LogP contribution in [0.15, 0.2) is 18.2 Å². The largest absolute Gasteiger partial charge is 0.493 e. The number of hydrogen-bond donors (Lipinski definition) is 1. The van der Waals surface area contributed by atoms with Crippen molar-refractivity contribution in [3.05, 3.63) is 29.3 Å². The van der Waals surface area contributed by atoms with Gasteiger partial charge in [-0.2, -0.15) is 0 Å². The molecular formula is C16H23NO2. The van der Waals surface area contributed by atoms with Gasteiger partial charge in [0.1, 0.15) is 5.75 Å². The Labute approximate surface area is 115 Å². The third kappa shape index (κ3) is 2.93. The molecule has 0 radical (unpaired) electrons. The molecule has 1 N–H and O–H groups in total. The summed E-state index contributed by atoms with van der Waals surface area (Å²) in [5.41, 5.74) is 2.94. The molecule has 0 bridgehead atoms. The molecule has 0 saturated carbocycles. The molecule has 3 heteroatoms. The molecule has 1 atom stereocenters. The quantitative estimate of drug-likeness (QED) is 0.907. The van der Waals surface area contributed by atoms with Crippen LogP contribution in [0.25, 0.3) is 0 Å². The van der Waals surface area contributed by atoms with Crippen LogP contribution >= 0.6 is 0 Å². The molecule has 3 rings (SSSR count). The van der Waals surface area contributed by atoms with Gasteiger partial charge in [0.05, 0.1) is 13.2 Å². The minimum atomic E-state index is 0.170. The topological polar surface area (TPSA) is 30.5 Å². The third-order valence-corrected chi connectivity index (χ3v) is 4.20. The van der Waals surface area contributed by atoms with E-state index in [0.29, 0.717) is 0 Å². The van der Waals surface area contributed by atoms with E-state index in [0.717, 1.165) is 51.5 Å². The maximum absolute atomic E-state index is 6.13. The van der Waals surface area contributed by atoms with E-state index in [9.17, 15) is 0 Å². The van der Waals surface area contributed by atoms with Crippen LogP contribution in [0, 0.1) is 5.41 Å². The molecule has 1 aromatic carbocycles. The molecule has 1 saturated heterocycles. The van der Waals surface area contributed by atoms with Crippen LogP contribution in [0.1, 0.15) is 30.9 Å². The van der Waals surface area contributed by atoms with E-state index in [1.165, 1.54) is 17.5 Å². The van der Waals surface area contributed by atoms with E-state index in [1.54, 1.807) is 0 Å². The molecule has 3 nitrogen and oxygen atoms in total. The Morgan fingerprint density at radius 2 is 2.37 bits per heavy atom. The predicted octanol–water partition coefficient (Wildman–Crippen LogP) is 2.53. The number of hydrogen-bond acceptors (Lipinski definition) is 3. The van der Waals surface area contributed by atoms with Crippen molar-refractivity contribution < 1.29 is 9.47 Å². The lowest BCUT2D eigenvalue weighted by molar-refractivity contribution is -0.0216. The summed E-state index contributed by atoms with van der Waals surface area (Å²) < 4.78 is 11.7. The molecule has 0 amide bonds. The molecule has 1 fully saturated rings. The first-order chi connectivity index (χ1) is 9.27. The second-order valence-corrected chi connectivity index (χ2v) is 6.08. The Kier molecular flexibility index (Phi) is 3.76. The fourth-order valence-electron chi connectivity index (χ4n) is 2.98. The van der Waals surface area contributed by atoms with Crippen LogP contribution in [0.4, 0.5) is 0 Å². The van der Waals surface area contributed by atoms with Crippen molar-refractivity contribution >= 4 is 0 Å². The highest BCUT2D eigenvalue weighted by Crippen LogP contribution is 2.31. The molecule has 104 valence electrons. The van der Waals surface area contributed by atoms with Crippen molar-refractivity contribution in [3.8, 4) is 5.75 Å². The second-order valence-electron chi connectivity index (χ2n) is 6.08. The summed E-state index contributed by atoms with van der Waals surface area (Å²) in [6.07, 6.45) is 3.45. The van der Waals surface area contributed by atoms with E-state index in [-0.39, 0.29) is 5.41 Å². The molecule has 1 aromatic rings. The van der Waals surface area contributed by atoms with Gasteiger partial charge in [-0.25, -0.2) is 0 Å². The molecular weight excluding hydrogens is 238 g/mol. The van der Waals surface area contributed by atoms with E-state index >= 15 is 0 Å². The first-order valence-corrected chi connectivity index (χ1v) is 7.29. The van der Waals surface area contributed by atoms with Crippen LogP contribution in [-0.2, 0) is 17.7 Å². The zero-order chi connectivity index (χ0) is 13.1. The minimum Gasteiger partial charge on any atom is -0.493 e. The summed E-state index contributed by atoms with van der Waals surface area (Å²) >= 11 is 0. The van der Waals surface area contributed by atoms with Crippen LogP contribution in [0.2, 0.25) is 0 Å². The smallest absolute Gasteiger partial charge is 0.124 e. The zero-order valence-electron chi connectivity index (χ0n) is 11.7. The summed E-state index contributed by atoms with van der Waals surface area (Å²) in [5, 5.41) is 3.42. The first-order valence-electron chi connectivity index (χ1n) is 7.29. The lowest BCUT2D eigenvalue weighted by Crippen LogP contribution is -2.35. The summed E-state index contributed by atoms with van der Waals surface area (Å²) in [6, 6.07) is 6.42. The molecule has 1 unspecified atom stereocenters. The standard InChI is InChI=1S/C16H23NO2/c1-16(7-3-9-18-11-16)12-19-15-5-2-4-13-6-8-17-10-14(13)15/h2,4-5,17H,3,6-12H2,1H3. The molecule has 2 aliphatic heterocycles. The highest BCUT2D eigenvalue weighted by molar-refractivity contribution is 5.41. The van der Waals surface area contributed by atoms with E-state index in [1.807, 2.05) is 0 Å². The monoisotopic (exact) mass is 261 g/mol. The van der Waals surface area contributed by atoms with Gasteiger partial charge >= 0.3 is 0 Å². The SMILES string of the molecule is CC1(COc2cccc3c2CNCC3)CCCOC1. The Morgan fingerprint density at radius 1 is 1.42 bits per heavy atom.